The van der Waals surface area contributed by atoms with E-state index in [0.717, 1.165) is 16.8 Å². The third-order valence-electron chi connectivity index (χ3n) is 3.56. The molecule has 0 saturated carbocycles. The normalized spacial score (nSPS) is 10.5. The number of aromatic nitrogens is 2. The molecule has 1 amide bonds. The Bertz CT molecular complexity index is 872. The van der Waals surface area contributed by atoms with Crippen LogP contribution in [0.5, 0.6) is 0 Å². The predicted molar refractivity (Wildman–Crippen MR) is 83.3 cm³/mol. The van der Waals surface area contributed by atoms with Gasteiger partial charge in [-0.1, -0.05) is 0 Å². The van der Waals surface area contributed by atoms with Crippen molar-refractivity contribution in [3.8, 4) is 0 Å². The van der Waals surface area contributed by atoms with E-state index in [1.807, 2.05) is 0 Å². The van der Waals surface area contributed by atoms with Crippen LogP contribution in [0, 0.1) is 19.7 Å². The molecule has 1 aromatic heterocycles. The van der Waals surface area contributed by atoms with Crippen LogP contribution in [0.4, 0.5) is 10.1 Å². The molecule has 0 unspecified atom stereocenters. The van der Waals surface area contributed by atoms with Gasteiger partial charge >= 0.3 is 0 Å². The van der Waals surface area contributed by atoms with Crippen molar-refractivity contribution >= 4 is 17.4 Å². The number of hydrogen-bond acceptors (Lipinski definition) is 4. The van der Waals surface area contributed by atoms with Crippen LogP contribution in [0.15, 0.2) is 23.0 Å². The third kappa shape index (κ3) is 3.18. The molecule has 2 aromatic rings. The summed E-state index contributed by atoms with van der Waals surface area (Å²) < 4.78 is 14.5. The average Bonchev–Trinajstić information content (AvgIpc) is 2.45. The van der Waals surface area contributed by atoms with Crippen molar-refractivity contribution in [2.45, 2.75) is 20.8 Å². The minimum atomic E-state index is -0.707. The first-order valence-electron chi connectivity index (χ1n) is 6.88. The van der Waals surface area contributed by atoms with E-state index in [2.05, 4.69) is 10.4 Å². The predicted octanol–water partition coefficient (Wildman–Crippen LogP) is 1.99. The molecule has 0 aliphatic rings. The lowest BCUT2D eigenvalue weighted by Crippen LogP contribution is -2.31. The summed E-state index contributed by atoms with van der Waals surface area (Å²) in [5.74, 6) is -1.63. The smallest absolute Gasteiger partial charge is 0.279 e. The summed E-state index contributed by atoms with van der Waals surface area (Å²) >= 11 is 0. The van der Waals surface area contributed by atoms with Gasteiger partial charge in [0, 0.05) is 12.6 Å². The van der Waals surface area contributed by atoms with Gasteiger partial charge in [-0.3, -0.25) is 14.4 Å². The molecule has 1 N–H and O–H groups in total. The SMILES string of the molecule is CC(=O)c1ccc(F)cc1NC(=O)c1c(C)c(C)nn(C)c1=O. The fourth-order valence-corrected chi connectivity index (χ4v) is 2.23. The molecule has 6 nitrogen and oxygen atoms in total. The summed E-state index contributed by atoms with van der Waals surface area (Å²) in [6.07, 6.45) is 0. The van der Waals surface area contributed by atoms with Crippen LogP contribution in [0.2, 0.25) is 0 Å². The molecule has 2 rings (SSSR count). The molecule has 0 saturated heterocycles. The van der Waals surface area contributed by atoms with Crippen molar-refractivity contribution in [3.63, 3.8) is 0 Å². The highest BCUT2D eigenvalue weighted by Gasteiger charge is 2.20. The fraction of sp³-hybridized carbons (Fsp3) is 0.250. The molecule has 0 fully saturated rings. The summed E-state index contributed by atoms with van der Waals surface area (Å²) in [6, 6.07) is 3.46. The molecule has 0 bridgehead atoms. The van der Waals surface area contributed by atoms with Crippen LogP contribution in [0.25, 0.3) is 0 Å². The number of amides is 1. The number of carbonyl (C=O) groups is 2. The van der Waals surface area contributed by atoms with Gasteiger partial charge in [0.25, 0.3) is 11.5 Å². The third-order valence-corrected chi connectivity index (χ3v) is 3.56. The highest BCUT2D eigenvalue weighted by Crippen LogP contribution is 2.19. The number of Topliss-reactive ketones (excluding diaryl/α,β-unsaturated/α-hetero) is 1. The van der Waals surface area contributed by atoms with E-state index in [9.17, 15) is 18.8 Å². The van der Waals surface area contributed by atoms with E-state index in [1.165, 1.54) is 20.0 Å². The molecule has 23 heavy (non-hydrogen) atoms. The van der Waals surface area contributed by atoms with E-state index in [4.69, 9.17) is 0 Å². The maximum atomic E-state index is 13.4. The van der Waals surface area contributed by atoms with Crippen molar-refractivity contribution in [2.75, 3.05) is 5.32 Å². The highest BCUT2D eigenvalue weighted by atomic mass is 19.1. The van der Waals surface area contributed by atoms with E-state index in [-0.39, 0.29) is 22.6 Å². The molecular weight excluding hydrogens is 301 g/mol. The molecular formula is C16H16FN3O3. The first kappa shape index (κ1) is 16.5. The average molecular weight is 317 g/mol. The van der Waals surface area contributed by atoms with Crippen LogP contribution >= 0.6 is 0 Å². The summed E-state index contributed by atoms with van der Waals surface area (Å²) in [6.45, 7) is 4.59. The summed E-state index contributed by atoms with van der Waals surface area (Å²) in [7, 11) is 1.44. The Kier molecular flexibility index (Phi) is 4.40. The number of anilines is 1. The number of aryl methyl sites for hydroxylation is 2. The molecule has 0 radical (unpaired) electrons. The van der Waals surface area contributed by atoms with Gasteiger partial charge in [0.1, 0.15) is 11.4 Å². The molecule has 1 aromatic carbocycles. The summed E-state index contributed by atoms with van der Waals surface area (Å²) in [5.41, 5.74) is 0.512. The Hall–Kier alpha value is -2.83. The first-order chi connectivity index (χ1) is 10.7. The largest absolute Gasteiger partial charge is 0.321 e. The van der Waals surface area contributed by atoms with Crippen LogP contribution in [0.1, 0.15) is 38.9 Å². The van der Waals surface area contributed by atoms with Gasteiger partial charge < -0.3 is 5.32 Å². The molecule has 120 valence electrons. The Labute approximate surface area is 131 Å². The van der Waals surface area contributed by atoms with E-state index in [1.54, 1.807) is 13.8 Å². The van der Waals surface area contributed by atoms with Gasteiger partial charge in [-0.15, -0.1) is 0 Å². The van der Waals surface area contributed by atoms with Crippen LogP contribution in [-0.4, -0.2) is 21.5 Å². The lowest BCUT2D eigenvalue weighted by atomic mass is 10.1. The van der Waals surface area contributed by atoms with Gasteiger partial charge in [0.15, 0.2) is 5.78 Å². The second-order valence-electron chi connectivity index (χ2n) is 5.21. The number of hydrogen-bond donors (Lipinski definition) is 1. The lowest BCUT2D eigenvalue weighted by molar-refractivity contribution is 0.101. The van der Waals surface area contributed by atoms with Crippen molar-refractivity contribution in [1.29, 1.82) is 0 Å². The number of rotatable bonds is 3. The van der Waals surface area contributed by atoms with E-state index >= 15 is 0 Å². The van der Waals surface area contributed by atoms with E-state index in [0.29, 0.717) is 11.3 Å². The van der Waals surface area contributed by atoms with Crippen molar-refractivity contribution in [1.82, 2.24) is 9.78 Å². The van der Waals surface area contributed by atoms with Crippen LogP contribution < -0.4 is 10.9 Å². The van der Waals surface area contributed by atoms with Crippen molar-refractivity contribution < 1.29 is 14.0 Å². The Morgan fingerprint density at radius 1 is 1.26 bits per heavy atom. The second-order valence-corrected chi connectivity index (χ2v) is 5.21. The molecule has 0 aliphatic carbocycles. The Morgan fingerprint density at radius 3 is 2.52 bits per heavy atom. The number of halogens is 1. The topological polar surface area (TPSA) is 81.1 Å². The molecule has 7 heteroatoms. The maximum absolute atomic E-state index is 13.4. The molecule has 0 atom stereocenters. The zero-order valence-corrected chi connectivity index (χ0v) is 13.2. The number of ketones is 1. The van der Waals surface area contributed by atoms with Crippen molar-refractivity contribution in [3.05, 3.63) is 56.8 Å². The molecule has 0 aliphatic heterocycles. The van der Waals surface area contributed by atoms with Gasteiger partial charge in [-0.2, -0.15) is 5.10 Å². The van der Waals surface area contributed by atoms with Crippen LogP contribution in [-0.2, 0) is 7.05 Å². The minimum Gasteiger partial charge on any atom is -0.321 e. The molecule has 0 spiro atoms. The monoisotopic (exact) mass is 317 g/mol. The Balaban J connectivity index is 2.52. The zero-order chi connectivity index (χ0) is 17.3. The quantitative estimate of drug-likeness (QED) is 0.878. The lowest BCUT2D eigenvalue weighted by Gasteiger charge is -2.12. The summed E-state index contributed by atoms with van der Waals surface area (Å²) in [5, 5.41) is 6.44. The highest BCUT2D eigenvalue weighted by molar-refractivity contribution is 6.09. The second kappa shape index (κ2) is 6.12. The van der Waals surface area contributed by atoms with Gasteiger partial charge in [0.2, 0.25) is 0 Å². The first-order valence-corrected chi connectivity index (χ1v) is 6.88. The van der Waals surface area contributed by atoms with Crippen LogP contribution in [0.3, 0.4) is 0 Å². The number of carbonyl (C=O) groups excluding carboxylic acids is 2. The summed E-state index contributed by atoms with van der Waals surface area (Å²) in [4.78, 5) is 36.2. The maximum Gasteiger partial charge on any atom is 0.279 e. The van der Waals surface area contributed by atoms with E-state index < -0.39 is 17.3 Å². The zero-order valence-electron chi connectivity index (χ0n) is 13.2. The number of benzene rings is 1. The standard InChI is InChI=1S/C16H16FN3O3/c1-8-9(2)19-20(4)16(23)14(8)15(22)18-13-7-11(17)5-6-12(13)10(3)21/h5-7H,1-4H3,(H,18,22). The molecule has 1 heterocycles. The van der Waals surface area contributed by atoms with Gasteiger partial charge in [-0.25, -0.2) is 9.07 Å². The Morgan fingerprint density at radius 2 is 1.91 bits per heavy atom. The number of nitrogens with one attached hydrogen (secondary N) is 1. The van der Waals surface area contributed by atoms with Gasteiger partial charge in [0.05, 0.1) is 11.4 Å². The van der Waals surface area contributed by atoms with Crippen molar-refractivity contribution in [2.24, 2.45) is 7.05 Å². The number of nitrogens with zero attached hydrogens (tertiary/aromatic N) is 2. The fourth-order valence-electron chi connectivity index (χ4n) is 2.23. The minimum absolute atomic E-state index is 0.0263. The van der Waals surface area contributed by atoms with Gasteiger partial charge in [-0.05, 0) is 44.5 Å².